The van der Waals surface area contributed by atoms with Gasteiger partial charge < -0.3 is 0 Å². The number of nitro benzene ring substituents is 1. The van der Waals surface area contributed by atoms with E-state index in [2.05, 4.69) is 22.6 Å². The Kier molecular flexibility index (Phi) is 5.71. The number of hydrogen-bond donors (Lipinski definition) is 0. The van der Waals surface area contributed by atoms with Crippen molar-refractivity contribution in [3.8, 4) is 0 Å². The van der Waals surface area contributed by atoms with Crippen LogP contribution in [-0.2, 0) is 4.79 Å². The van der Waals surface area contributed by atoms with Gasteiger partial charge in [0.15, 0.2) is 5.78 Å². The van der Waals surface area contributed by atoms with Gasteiger partial charge in [0, 0.05) is 21.3 Å². The number of carbonyl (C=O) groups excluding carboxylic acids is 3. The number of benzene rings is 2. The van der Waals surface area contributed by atoms with Crippen molar-refractivity contribution in [2.45, 2.75) is 0 Å². The van der Waals surface area contributed by atoms with Gasteiger partial charge >= 0.3 is 0 Å². The Morgan fingerprint density at radius 1 is 1.11 bits per heavy atom. The molecule has 0 bridgehead atoms. The number of nitrogens with zero attached hydrogens (tertiary/aromatic N) is 2. The third kappa shape index (κ3) is 4.42. The molecule has 1 saturated heterocycles. The zero-order chi connectivity index (χ0) is 19.6. The molecule has 0 saturated carbocycles. The Bertz CT molecular complexity index is 970. The van der Waals surface area contributed by atoms with E-state index in [0.29, 0.717) is 0 Å². The summed E-state index contributed by atoms with van der Waals surface area (Å²) in [6.45, 7) is -0.410. The molecule has 9 heteroatoms. The number of thioether (sulfide) groups is 1. The molecule has 0 spiro atoms. The maximum absolute atomic E-state index is 12.5. The molecule has 136 valence electrons. The van der Waals surface area contributed by atoms with Crippen LogP contribution < -0.4 is 0 Å². The van der Waals surface area contributed by atoms with Crippen molar-refractivity contribution in [2.75, 3.05) is 6.54 Å². The molecule has 27 heavy (non-hydrogen) atoms. The smallest absolute Gasteiger partial charge is 0.292 e. The summed E-state index contributed by atoms with van der Waals surface area (Å²) in [5.41, 5.74) is 0.835. The van der Waals surface area contributed by atoms with E-state index in [1.807, 2.05) is 24.3 Å². The summed E-state index contributed by atoms with van der Waals surface area (Å²) in [5.74, 6) is -0.999. The summed E-state index contributed by atoms with van der Waals surface area (Å²) < 4.78 is 1.05. The number of non-ortho nitro benzene ring substituents is 1. The fourth-order valence-electron chi connectivity index (χ4n) is 2.35. The Morgan fingerprint density at radius 3 is 2.33 bits per heavy atom. The number of hydrogen-bond acceptors (Lipinski definition) is 6. The van der Waals surface area contributed by atoms with E-state index in [4.69, 9.17) is 0 Å². The van der Waals surface area contributed by atoms with Crippen molar-refractivity contribution in [3.63, 3.8) is 0 Å². The molecule has 2 amide bonds. The van der Waals surface area contributed by atoms with Crippen LogP contribution in [0.2, 0.25) is 0 Å². The molecular formula is C18H11IN2O5S. The molecule has 2 aromatic rings. The molecule has 1 aliphatic rings. The van der Waals surface area contributed by atoms with Crippen LogP contribution in [0.25, 0.3) is 6.08 Å². The van der Waals surface area contributed by atoms with Crippen molar-refractivity contribution < 1.29 is 19.3 Å². The zero-order valence-corrected chi connectivity index (χ0v) is 16.6. The van der Waals surface area contributed by atoms with Crippen LogP contribution in [0.3, 0.4) is 0 Å². The number of rotatable bonds is 5. The van der Waals surface area contributed by atoms with Crippen LogP contribution in [0.1, 0.15) is 15.9 Å². The van der Waals surface area contributed by atoms with E-state index in [1.54, 1.807) is 6.08 Å². The van der Waals surface area contributed by atoms with Crippen LogP contribution in [-0.4, -0.2) is 33.3 Å². The molecule has 1 fully saturated rings. The van der Waals surface area contributed by atoms with Crippen molar-refractivity contribution in [2.24, 2.45) is 0 Å². The average Bonchev–Trinajstić information content (AvgIpc) is 2.91. The van der Waals surface area contributed by atoms with Crippen molar-refractivity contribution in [3.05, 3.63) is 78.2 Å². The number of Topliss-reactive ketones (excluding diaryl/α,β-unsaturated/α-hetero) is 1. The highest BCUT2D eigenvalue weighted by Gasteiger charge is 2.36. The molecule has 1 aliphatic heterocycles. The van der Waals surface area contributed by atoms with E-state index in [9.17, 15) is 24.5 Å². The highest BCUT2D eigenvalue weighted by atomic mass is 127. The maximum Gasteiger partial charge on any atom is 0.293 e. The maximum atomic E-state index is 12.5. The first-order valence-corrected chi connectivity index (χ1v) is 9.53. The van der Waals surface area contributed by atoms with E-state index < -0.39 is 28.4 Å². The molecule has 7 nitrogen and oxygen atoms in total. The minimum absolute atomic E-state index is 0.141. The normalized spacial score (nSPS) is 15.4. The van der Waals surface area contributed by atoms with Crippen LogP contribution in [0.15, 0.2) is 53.4 Å². The average molecular weight is 494 g/mol. The van der Waals surface area contributed by atoms with Gasteiger partial charge in [0.1, 0.15) is 0 Å². The second-order valence-corrected chi connectivity index (χ2v) is 7.79. The number of amides is 2. The zero-order valence-electron chi connectivity index (χ0n) is 13.6. The summed E-state index contributed by atoms with van der Waals surface area (Å²) in [5, 5.41) is 10.1. The standard InChI is InChI=1S/C18H11IN2O5S/c19-13-5-1-11(2-6-13)9-16-17(23)20(18(24)27-16)10-15(22)12-3-7-14(8-4-12)21(25)26/h1-9H,10H2/b16-9-. The lowest BCUT2D eigenvalue weighted by atomic mass is 10.1. The van der Waals surface area contributed by atoms with Crippen molar-refractivity contribution in [1.82, 2.24) is 4.90 Å². The Morgan fingerprint density at radius 2 is 1.74 bits per heavy atom. The van der Waals surface area contributed by atoms with Gasteiger partial charge in [-0.3, -0.25) is 29.4 Å². The summed E-state index contributed by atoms with van der Waals surface area (Å²) in [6, 6.07) is 12.5. The molecule has 0 atom stereocenters. The van der Waals surface area contributed by atoms with Crippen LogP contribution in [0.4, 0.5) is 10.5 Å². The predicted octanol–water partition coefficient (Wildman–Crippen LogP) is 4.12. The number of imide groups is 1. The van der Waals surface area contributed by atoms with Crippen LogP contribution >= 0.6 is 34.4 Å². The van der Waals surface area contributed by atoms with Gasteiger partial charge in [-0.25, -0.2) is 0 Å². The molecule has 1 heterocycles. The van der Waals surface area contributed by atoms with Gasteiger partial charge in [0.25, 0.3) is 16.8 Å². The summed E-state index contributed by atoms with van der Waals surface area (Å²) in [7, 11) is 0. The van der Waals surface area contributed by atoms with E-state index in [-0.39, 0.29) is 16.2 Å². The van der Waals surface area contributed by atoms with Crippen molar-refractivity contribution in [1.29, 1.82) is 0 Å². The number of ketones is 1. The second-order valence-electron chi connectivity index (χ2n) is 5.55. The highest BCUT2D eigenvalue weighted by molar-refractivity contribution is 14.1. The Balaban J connectivity index is 1.74. The predicted molar refractivity (Wildman–Crippen MR) is 109 cm³/mol. The molecule has 0 radical (unpaired) electrons. The van der Waals surface area contributed by atoms with Crippen molar-refractivity contribution >= 4 is 63.0 Å². The molecule has 3 rings (SSSR count). The van der Waals surface area contributed by atoms with E-state index >= 15 is 0 Å². The van der Waals surface area contributed by atoms with E-state index in [0.717, 1.165) is 25.8 Å². The largest absolute Gasteiger partial charge is 0.293 e. The lowest BCUT2D eigenvalue weighted by Gasteiger charge is -2.11. The van der Waals surface area contributed by atoms with Crippen LogP contribution in [0, 0.1) is 13.7 Å². The van der Waals surface area contributed by atoms with Gasteiger partial charge in [0.05, 0.1) is 16.4 Å². The number of carbonyl (C=O) groups is 3. The first-order chi connectivity index (χ1) is 12.8. The van der Waals surface area contributed by atoms with Gasteiger partial charge in [0.2, 0.25) is 0 Å². The molecule has 0 aromatic heterocycles. The number of halogens is 1. The molecule has 0 unspecified atom stereocenters. The van der Waals surface area contributed by atoms with Gasteiger partial charge in [-0.05, 0) is 70.3 Å². The minimum atomic E-state index is -0.569. The third-order valence-electron chi connectivity index (χ3n) is 3.74. The summed E-state index contributed by atoms with van der Waals surface area (Å²) in [4.78, 5) is 48.2. The molecule has 0 aliphatic carbocycles. The first-order valence-electron chi connectivity index (χ1n) is 7.64. The first kappa shape index (κ1) is 19.2. The summed E-state index contributed by atoms with van der Waals surface area (Å²) in [6.07, 6.45) is 1.61. The quantitative estimate of drug-likeness (QED) is 0.204. The molecule has 2 aromatic carbocycles. The Labute approximate surface area is 171 Å². The van der Waals surface area contributed by atoms with Gasteiger partial charge in [-0.2, -0.15) is 0 Å². The fraction of sp³-hybridized carbons (Fsp3) is 0.0556. The van der Waals surface area contributed by atoms with Gasteiger partial charge in [-0.15, -0.1) is 0 Å². The third-order valence-corrected chi connectivity index (χ3v) is 5.37. The monoisotopic (exact) mass is 494 g/mol. The highest BCUT2D eigenvalue weighted by Crippen LogP contribution is 2.32. The lowest BCUT2D eigenvalue weighted by molar-refractivity contribution is -0.384. The Hall–Kier alpha value is -2.53. The fourth-order valence-corrected chi connectivity index (χ4v) is 3.55. The topological polar surface area (TPSA) is 97.6 Å². The van der Waals surface area contributed by atoms with Crippen LogP contribution in [0.5, 0.6) is 0 Å². The lowest BCUT2D eigenvalue weighted by Crippen LogP contribution is -2.33. The van der Waals surface area contributed by atoms with Gasteiger partial charge in [-0.1, -0.05) is 12.1 Å². The SMILES string of the molecule is O=C(CN1C(=O)S/C(=C\c2ccc(I)cc2)C1=O)c1ccc([N+](=O)[O-])cc1. The summed E-state index contributed by atoms with van der Waals surface area (Å²) >= 11 is 2.95. The van der Waals surface area contributed by atoms with E-state index in [1.165, 1.54) is 24.3 Å². The molecule has 0 N–H and O–H groups in total. The second kappa shape index (κ2) is 8.01. The molecular weight excluding hydrogens is 483 g/mol. The number of nitro groups is 1. The minimum Gasteiger partial charge on any atom is -0.292 e.